The van der Waals surface area contributed by atoms with Crippen LogP contribution in [-0.4, -0.2) is 22.0 Å². The molecule has 0 aliphatic carbocycles. The topological polar surface area (TPSA) is 77.0 Å². The van der Waals surface area contributed by atoms with Crippen LogP contribution in [0.1, 0.15) is 25.8 Å². The van der Waals surface area contributed by atoms with Gasteiger partial charge in [0.2, 0.25) is 0 Å². The molecule has 0 aliphatic rings. The number of nitrogens with one attached hydrogen (secondary N) is 1. The van der Waals surface area contributed by atoms with Crippen LogP contribution in [0.4, 0.5) is 5.69 Å². The highest BCUT2D eigenvalue weighted by atomic mass is 32.2. The van der Waals surface area contributed by atoms with E-state index in [4.69, 9.17) is 11.6 Å². The van der Waals surface area contributed by atoms with Crippen LogP contribution in [0.15, 0.2) is 18.5 Å². The molecule has 5 heteroatoms. The van der Waals surface area contributed by atoms with E-state index in [-0.39, 0.29) is 6.04 Å². The number of nitrogens with two attached hydrogens (primary N) is 2. The molecular weight excluding hydrogens is 232 g/mol. The normalized spacial score (nSPS) is 14.5. The Hall–Kier alpha value is -0.780. The second-order valence-corrected chi connectivity index (χ2v) is 5.67. The van der Waals surface area contributed by atoms with E-state index >= 15 is 0 Å². The molecule has 0 aliphatic heterocycles. The zero-order valence-electron chi connectivity index (χ0n) is 10.5. The van der Waals surface area contributed by atoms with Gasteiger partial charge in [-0.1, -0.05) is 13.8 Å². The zero-order chi connectivity index (χ0) is 12.7. The molecule has 1 rings (SSSR count). The summed E-state index contributed by atoms with van der Waals surface area (Å²) in [7, 11) is 0. The van der Waals surface area contributed by atoms with Gasteiger partial charge < -0.3 is 5.73 Å². The van der Waals surface area contributed by atoms with Gasteiger partial charge in [-0.15, -0.1) is 0 Å². The Morgan fingerprint density at radius 2 is 2.29 bits per heavy atom. The van der Waals surface area contributed by atoms with E-state index in [9.17, 15) is 0 Å². The molecule has 2 atom stereocenters. The van der Waals surface area contributed by atoms with Crippen molar-refractivity contribution in [2.24, 2.45) is 5.84 Å². The number of thioether (sulfide) groups is 1. The molecule has 0 saturated heterocycles. The third-order valence-electron chi connectivity index (χ3n) is 2.80. The smallest absolute Gasteiger partial charge is 0.0378 e. The minimum absolute atomic E-state index is 0.237. The fourth-order valence-corrected chi connectivity index (χ4v) is 2.45. The minimum Gasteiger partial charge on any atom is -0.398 e. The Balaban J connectivity index is 2.49. The van der Waals surface area contributed by atoms with Crippen LogP contribution < -0.4 is 17.0 Å². The van der Waals surface area contributed by atoms with Gasteiger partial charge in [-0.2, -0.15) is 11.8 Å². The highest BCUT2D eigenvalue weighted by Gasteiger charge is 2.11. The fraction of sp³-hybridized carbons (Fsp3) is 0.583. The summed E-state index contributed by atoms with van der Waals surface area (Å²) in [6, 6.07) is 2.06. The molecule has 2 unspecified atom stereocenters. The lowest BCUT2D eigenvalue weighted by Crippen LogP contribution is -2.39. The number of pyridine rings is 1. The minimum atomic E-state index is 0.237. The molecule has 0 saturated carbocycles. The first-order chi connectivity index (χ1) is 8.17. The maximum absolute atomic E-state index is 5.89. The molecule has 1 aromatic rings. The van der Waals surface area contributed by atoms with Crippen LogP contribution in [0.3, 0.4) is 0 Å². The predicted octanol–water partition coefficient (Wildman–Crippen LogP) is 1.57. The summed E-state index contributed by atoms with van der Waals surface area (Å²) in [5.41, 5.74) is 10.6. The van der Waals surface area contributed by atoms with Crippen molar-refractivity contribution >= 4 is 17.4 Å². The van der Waals surface area contributed by atoms with Gasteiger partial charge >= 0.3 is 0 Å². The van der Waals surface area contributed by atoms with E-state index in [0.717, 1.165) is 23.4 Å². The second kappa shape index (κ2) is 7.53. The Morgan fingerprint density at radius 1 is 1.53 bits per heavy atom. The number of nitrogens with zero attached hydrogens (tertiary/aromatic N) is 1. The average Bonchev–Trinajstić information content (AvgIpc) is 2.36. The molecule has 0 fully saturated rings. The van der Waals surface area contributed by atoms with Crippen molar-refractivity contribution in [2.45, 2.75) is 38.0 Å². The summed E-state index contributed by atoms with van der Waals surface area (Å²) in [5.74, 6) is 6.56. The zero-order valence-corrected chi connectivity index (χ0v) is 11.3. The Labute approximate surface area is 108 Å². The van der Waals surface area contributed by atoms with Gasteiger partial charge in [0.1, 0.15) is 0 Å². The molecule has 4 nitrogen and oxygen atoms in total. The Kier molecular flexibility index (Phi) is 6.32. The van der Waals surface area contributed by atoms with Gasteiger partial charge in [0.05, 0.1) is 0 Å². The predicted molar refractivity (Wildman–Crippen MR) is 75.7 cm³/mol. The third kappa shape index (κ3) is 4.93. The van der Waals surface area contributed by atoms with E-state index in [1.165, 1.54) is 6.42 Å². The van der Waals surface area contributed by atoms with Gasteiger partial charge in [0.25, 0.3) is 0 Å². The quantitative estimate of drug-likeness (QED) is 0.508. The van der Waals surface area contributed by atoms with Gasteiger partial charge in [0, 0.05) is 35.1 Å². The highest BCUT2D eigenvalue weighted by Crippen LogP contribution is 2.17. The molecule has 17 heavy (non-hydrogen) atoms. The van der Waals surface area contributed by atoms with Gasteiger partial charge in [0.15, 0.2) is 0 Å². The summed E-state index contributed by atoms with van der Waals surface area (Å²) in [4.78, 5) is 4.09. The number of rotatable bonds is 7. The van der Waals surface area contributed by atoms with Crippen molar-refractivity contribution < 1.29 is 0 Å². The maximum atomic E-state index is 5.89. The Morgan fingerprint density at radius 3 is 2.88 bits per heavy atom. The molecule has 0 aromatic carbocycles. The van der Waals surface area contributed by atoms with Crippen LogP contribution in [-0.2, 0) is 6.42 Å². The SMILES string of the molecule is CCC(C)SCC(Cc1cnccc1N)NN. The summed E-state index contributed by atoms with van der Waals surface area (Å²) in [6.07, 6.45) is 5.52. The van der Waals surface area contributed by atoms with Crippen molar-refractivity contribution in [1.29, 1.82) is 0 Å². The lowest BCUT2D eigenvalue weighted by Gasteiger charge is -2.18. The van der Waals surface area contributed by atoms with Gasteiger partial charge in [-0.25, -0.2) is 0 Å². The van der Waals surface area contributed by atoms with Crippen molar-refractivity contribution in [3.05, 3.63) is 24.0 Å². The molecular formula is C12H22N4S. The van der Waals surface area contributed by atoms with E-state index < -0.39 is 0 Å². The summed E-state index contributed by atoms with van der Waals surface area (Å²) in [6.45, 7) is 4.43. The van der Waals surface area contributed by atoms with Crippen molar-refractivity contribution in [3.8, 4) is 0 Å². The monoisotopic (exact) mass is 254 g/mol. The Bertz CT molecular complexity index is 332. The van der Waals surface area contributed by atoms with Crippen LogP contribution in [0.25, 0.3) is 0 Å². The van der Waals surface area contributed by atoms with Crippen molar-refractivity contribution in [1.82, 2.24) is 10.4 Å². The number of hydrogen-bond acceptors (Lipinski definition) is 5. The molecule has 96 valence electrons. The summed E-state index contributed by atoms with van der Waals surface area (Å²) in [5, 5.41) is 0.664. The molecule has 1 aromatic heterocycles. The van der Waals surface area contributed by atoms with Gasteiger partial charge in [-0.05, 0) is 24.5 Å². The highest BCUT2D eigenvalue weighted by molar-refractivity contribution is 7.99. The average molecular weight is 254 g/mol. The van der Waals surface area contributed by atoms with Crippen LogP contribution in [0.2, 0.25) is 0 Å². The van der Waals surface area contributed by atoms with Crippen molar-refractivity contribution in [2.75, 3.05) is 11.5 Å². The molecule has 0 spiro atoms. The first kappa shape index (κ1) is 14.3. The van der Waals surface area contributed by atoms with E-state index in [1.807, 2.05) is 24.0 Å². The standard InChI is InChI=1S/C12H22N4S/c1-3-9(2)17-8-11(16-14)6-10-7-15-5-4-12(10)13/h4-5,7,9,11,16H,3,6,8,14H2,1-2H3,(H2,13,15). The van der Waals surface area contributed by atoms with E-state index in [1.54, 1.807) is 6.20 Å². The van der Waals surface area contributed by atoms with Crippen LogP contribution in [0.5, 0.6) is 0 Å². The third-order valence-corrected chi connectivity index (χ3v) is 4.30. The molecule has 0 bridgehead atoms. The van der Waals surface area contributed by atoms with Gasteiger partial charge in [-0.3, -0.25) is 16.3 Å². The number of hydrazine groups is 1. The van der Waals surface area contributed by atoms with E-state index in [0.29, 0.717) is 5.25 Å². The number of anilines is 1. The summed E-state index contributed by atoms with van der Waals surface area (Å²) >= 11 is 1.93. The molecule has 0 radical (unpaired) electrons. The molecule has 0 amide bonds. The lowest BCUT2D eigenvalue weighted by atomic mass is 10.1. The lowest BCUT2D eigenvalue weighted by molar-refractivity contribution is 0.574. The van der Waals surface area contributed by atoms with Crippen LogP contribution >= 0.6 is 11.8 Å². The second-order valence-electron chi connectivity index (χ2n) is 4.19. The summed E-state index contributed by atoms with van der Waals surface area (Å²) < 4.78 is 0. The van der Waals surface area contributed by atoms with Crippen molar-refractivity contribution in [3.63, 3.8) is 0 Å². The fourth-order valence-electron chi connectivity index (χ4n) is 1.44. The van der Waals surface area contributed by atoms with E-state index in [2.05, 4.69) is 24.3 Å². The number of aromatic nitrogens is 1. The number of nitrogen functional groups attached to an aromatic ring is 1. The first-order valence-corrected chi connectivity index (χ1v) is 6.98. The van der Waals surface area contributed by atoms with Crippen LogP contribution in [0, 0.1) is 0 Å². The molecule has 1 heterocycles. The largest absolute Gasteiger partial charge is 0.398 e. The molecule has 5 N–H and O–H groups in total. The maximum Gasteiger partial charge on any atom is 0.0378 e. The first-order valence-electron chi connectivity index (χ1n) is 5.93. The number of hydrogen-bond donors (Lipinski definition) is 3.